The molecule has 0 fully saturated rings. The summed E-state index contributed by atoms with van der Waals surface area (Å²) in [6.07, 6.45) is 3.36. The lowest BCUT2D eigenvalue weighted by molar-refractivity contribution is 0.0988. The summed E-state index contributed by atoms with van der Waals surface area (Å²) in [5, 5.41) is 3.44. The van der Waals surface area contributed by atoms with Gasteiger partial charge in [0, 0.05) is 24.1 Å². The first kappa shape index (κ1) is 19.6. The van der Waals surface area contributed by atoms with Crippen LogP contribution in [0.3, 0.4) is 0 Å². The highest BCUT2D eigenvalue weighted by molar-refractivity contribution is 6.06. The molecule has 0 bridgehead atoms. The van der Waals surface area contributed by atoms with E-state index in [-0.39, 0.29) is 11.3 Å². The van der Waals surface area contributed by atoms with Crippen molar-refractivity contribution in [1.29, 1.82) is 0 Å². The summed E-state index contributed by atoms with van der Waals surface area (Å²) in [6.45, 7) is 9.12. The smallest absolute Gasteiger partial charge is 0.259 e. The van der Waals surface area contributed by atoms with Crippen molar-refractivity contribution in [2.75, 3.05) is 16.8 Å². The van der Waals surface area contributed by atoms with Crippen LogP contribution in [0.15, 0.2) is 73.1 Å². The summed E-state index contributed by atoms with van der Waals surface area (Å²) in [4.78, 5) is 19.1. The molecule has 3 rings (SSSR count). The van der Waals surface area contributed by atoms with Crippen LogP contribution in [0, 0.1) is 0 Å². The molecule has 4 heteroatoms. The van der Waals surface area contributed by atoms with Crippen LogP contribution in [-0.4, -0.2) is 17.4 Å². The molecule has 0 unspecified atom stereocenters. The van der Waals surface area contributed by atoms with Gasteiger partial charge in [-0.2, -0.15) is 0 Å². The fraction of sp³-hybridized carbons (Fsp3) is 0.250. The van der Waals surface area contributed by atoms with E-state index in [0.29, 0.717) is 12.1 Å². The zero-order chi connectivity index (χ0) is 20.1. The SMILES string of the molecule is CCN(C(=O)c1cncc(Nc2ccccc2C(C)(C)C)c1)c1ccccc1. The third kappa shape index (κ3) is 4.39. The Bertz CT molecular complexity index is 945. The number of para-hydroxylation sites is 2. The van der Waals surface area contributed by atoms with Gasteiger partial charge in [-0.25, -0.2) is 0 Å². The molecule has 1 heterocycles. The molecule has 0 saturated heterocycles. The molecule has 0 saturated carbocycles. The third-order valence-corrected chi connectivity index (χ3v) is 4.63. The van der Waals surface area contributed by atoms with Gasteiger partial charge >= 0.3 is 0 Å². The number of carbonyl (C=O) groups excluding carboxylic acids is 1. The Hall–Kier alpha value is -3.14. The Morgan fingerprint density at radius 3 is 2.36 bits per heavy atom. The molecule has 4 nitrogen and oxygen atoms in total. The first-order chi connectivity index (χ1) is 13.4. The van der Waals surface area contributed by atoms with E-state index in [2.05, 4.69) is 43.2 Å². The van der Waals surface area contributed by atoms with Gasteiger partial charge in [0.25, 0.3) is 5.91 Å². The molecule has 0 aliphatic rings. The predicted octanol–water partition coefficient (Wildman–Crippen LogP) is 5.79. The van der Waals surface area contributed by atoms with Crippen molar-refractivity contribution < 1.29 is 4.79 Å². The summed E-state index contributed by atoms with van der Waals surface area (Å²) < 4.78 is 0. The van der Waals surface area contributed by atoms with Crippen LogP contribution in [-0.2, 0) is 5.41 Å². The van der Waals surface area contributed by atoms with Gasteiger partial charge in [-0.15, -0.1) is 0 Å². The zero-order valence-electron chi connectivity index (χ0n) is 16.9. The van der Waals surface area contributed by atoms with E-state index in [9.17, 15) is 4.79 Å². The quantitative estimate of drug-likeness (QED) is 0.616. The standard InChI is InChI=1S/C24H27N3O/c1-5-27(20-11-7-6-8-12-20)23(28)18-15-19(17-25-16-18)26-22-14-10-9-13-21(22)24(2,3)4/h6-17,26H,5H2,1-4H3. The lowest BCUT2D eigenvalue weighted by Gasteiger charge is -2.24. The second-order valence-electron chi connectivity index (χ2n) is 7.77. The van der Waals surface area contributed by atoms with Gasteiger partial charge in [0.1, 0.15) is 0 Å². The van der Waals surface area contributed by atoms with E-state index in [0.717, 1.165) is 17.1 Å². The third-order valence-electron chi connectivity index (χ3n) is 4.63. The van der Waals surface area contributed by atoms with Gasteiger partial charge < -0.3 is 10.2 Å². The van der Waals surface area contributed by atoms with E-state index < -0.39 is 0 Å². The Morgan fingerprint density at radius 2 is 1.68 bits per heavy atom. The number of nitrogens with one attached hydrogen (secondary N) is 1. The maximum absolute atomic E-state index is 13.1. The lowest BCUT2D eigenvalue weighted by Crippen LogP contribution is -2.30. The fourth-order valence-electron chi connectivity index (χ4n) is 3.23. The number of amides is 1. The number of rotatable bonds is 5. The van der Waals surface area contributed by atoms with Crippen LogP contribution in [0.5, 0.6) is 0 Å². The molecule has 2 aromatic carbocycles. The van der Waals surface area contributed by atoms with E-state index in [1.807, 2.05) is 55.5 Å². The minimum absolute atomic E-state index is 0.0107. The number of anilines is 3. The number of hydrogen-bond acceptors (Lipinski definition) is 3. The molecular formula is C24H27N3O. The summed E-state index contributed by atoms with van der Waals surface area (Å²) in [5.41, 5.74) is 4.49. The molecule has 0 spiro atoms. The predicted molar refractivity (Wildman–Crippen MR) is 116 cm³/mol. The molecule has 3 aromatic rings. The van der Waals surface area contributed by atoms with Gasteiger partial charge in [0.15, 0.2) is 0 Å². The summed E-state index contributed by atoms with van der Waals surface area (Å²) in [6, 6.07) is 19.8. The number of pyridine rings is 1. The minimum Gasteiger partial charge on any atom is -0.354 e. The fourth-order valence-corrected chi connectivity index (χ4v) is 3.23. The van der Waals surface area contributed by atoms with Crippen molar-refractivity contribution in [3.63, 3.8) is 0 Å². The van der Waals surface area contributed by atoms with Crippen LogP contribution in [0.1, 0.15) is 43.6 Å². The molecule has 0 aliphatic heterocycles. The minimum atomic E-state index is -0.0612. The van der Waals surface area contributed by atoms with Gasteiger partial charge in [-0.3, -0.25) is 9.78 Å². The topological polar surface area (TPSA) is 45.2 Å². The Morgan fingerprint density at radius 1 is 1.00 bits per heavy atom. The highest BCUT2D eigenvalue weighted by Gasteiger charge is 2.19. The van der Waals surface area contributed by atoms with Crippen LogP contribution >= 0.6 is 0 Å². The molecule has 144 valence electrons. The average Bonchev–Trinajstić information content (AvgIpc) is 2.69. The van der Waals surface area contributed by atoms with Crippen LogP contribution in [0.4, 0.5) is 17.1 Å². The summed E-state index contributed by atoms with van der Waals surface area (Å²) in [5.74, 6) is -0.0612. The molecule has 1 N–H and O–H groups in total. The van der Waals surface area contributed by atoms with Gasteiger partial charge in [0.05, 0.1) is 17.4 Å². The summed E-state index contributed by atoms with van der Waals surface area (Å²) in [7, 11) is 0. The van der Waals surface area contributed by atoms with Crippen molar-refractivity contribution in [2.45, 2.75) is 33.1 Å². The monoisotopic (exact) mass is 373 g/mol. The highest BCUT2D eigenvalue weighted by atomic mass is 16.2. The van der Waals surface area contributed by atoms with Gasteiger partial charge in [-0.1, -0.05) is 57.2 Å². The first-order valence-corrected chi connectivity index (χ1v) is 9.58. The van der Waals surface area contributed by atoms with E-state index in [1.54, 1.807) is 17.3 Å². The Labute approximate surface area is 167 Å². The molecular weight excluding hydrogens is 346 g/mol. The second-order valence-corrected chi connectivity index (χ2v) is 7.77. The molecule has 0 aliphatic carbocycles. The maximum Gasteiger partial charge on any atom is 0.259 e. The lowest BCUT2D eigenvalue weighted by atomic mass is 9.86. The molecule has 28 heavy (non-hydrogen) atoms. The van der Waals surface area contributed by atoms with E-state index in [1.165, 1.54) is 5.56 Å². The molecule has 0 radical (unpaired) electrons. The largest absolute Gasteiger partial charge is 0.354 e. The van der Waals surface area contributed by atoms with Crippen molar-refractivity contribution in [3.8, 4) is 0 Å². The van der Waals surface area contributed by atoms with Gasteiger partial charge in [-0.05, 0) is 42.2 Å². The molecule has 1 amide bonds. The van der Waals surface area contributed by atoms with E-state index in [4.69, 9.17) is 0 Å². The Kier molecular flexibility index (Phi) is 5.78. The average molecular weight is 374 g/mol. The van der Waals surface area contributed by atoms with Crippen molar-refractivity contribution in [1.82, 2.24) is 4.98 Å². The van der Waals surface area contributed by atoms with Crippen LogP contribution < -0.4 is 10.2 Å². The second kappa shape index (κ2) is 8.26. The normalized spacial score (nSPS) is 11.1. The summed E-state index contributed by atoms with van der Waals surface area (Å²) >= 11 is 0. The molecule has 1 aromatic heterocycles. The van der Waals surface area contributed by atoms with E-state index >= 15 is 0 Å². The Balaban J connectivity index is 1.88. The molecule has 0 atom stereocenters. The van der Waals surface area contributed by atoms with Crippen LogP contribution in [0.2, 0.25) is 0 Å². The van der Waals surface area contributed by atoms with Crippen LogP contribution in [0.25, 0.3) is 0 Å². The van der Waals surface area contributed by atoms with Gasteiger partial charge in [0.2, 0.25) is 0 Å². The number of aromatic nitrogens is 1. The van der Waals surface area contributed by atoms with Crippen molar-refractivity contribution in [2.24, 2.45) is 0 Å². The number of carbonyl (C=O) groups is 1. The number of benzene rings is 2. The maximum atomic E-state index is 13.1. The zero-order valence-corrected chi connectivity index (χ0v) is 16.9. The number of hydrogen-bond donors (Lipinski definition) is 1. The number of nitrogens with zero attached hydrogens (tertiary/aromatic N) is 2. The first-order valence-electron chi connectivity index (χ1n) is 9.58. The van der Waals surface area contributed by atoms with Crippen molar-refractivity contribution in [3.05, 3.63) is 84.2 Å². The van der Waals surface area contributed by atoms with Crippen molar-refractivity contribution >= 4 is 23.0 Å². The highest BCUT2D eigenvalue weighted by Crippen LogP contribution is 2.31.